The van der Waals surface area contributed by atoms with Gasteiger partial charge in [-0.05, 0) is 17.9 Å². The highest BCUT2D eigenvalue weighted by atomic mass is 32.2. The monoisotopic (exact) mass is 374 g/mol. The Morgan fingerprint density at radius 1 is 1.32 bits per heavy atom. The fraction of sp³-hybridized carbons (Fsp3) is 0.438. The van der Waals surface area contributed by atoms with E-state index in [2.05, 4.69) is 16.3 Å². The molecular weight excluding hydrogens is 356 g/mol. The SMILES string of the molecule is N#CCCN(CCC#N)C(=O)CSc1nncn1CCc1cccs1. The topological polar surface area (TPSA) is 98.6 Å². The molecule has 9 heteroatoms. The predicted molar refractivity (Wildman–Crippen MR) is 95.8 cm³/mol. The minimum atomic E-state index is -0.0942. The highest BCUT2D eigenvalue weighted by Gasteiger charge is 2.15. The second kappa shape index (κ2) is 10.5. The minimum Gasteiger partial charge on any atom is -0.340 e. The fourth-order valence-corrected chi connectivity index (χ4v) is 3.69. The lowest BCUT2D eigenvalue weighted by Crippen LogP contribution is -2.34. The summed E-state index contributed by atoms with van der Waals surface area (Å²) in [5.74, 6) is 0.123. The molecule has 0 radical (unpaired) electrons. The molecule has 0 saturated carbocycles. The van der Waals surface area contributed by atoms with Crippen molar-refractivity contribution in [3.8, 4) is 12.1 Å². The van der Waals surface area contributed by atoms with Crippen molar-refractivity contribution >= 4 is 29.0 Å². The summed E-state index contributed by atoms with van der Waals surface area (Å²) in [6.07, 6.45) is 3.09. The maximum atomic E-state index is 12.3. The predicted octanol–water partition coefficient (Wildman–Crippen LogP) is 2.33. The number of amides is 1. The molecule has 0 aliphatic carbocycles. The molecule has 0 aromatic carbocycles. The van der Waals surface area contributed by atoms with Gasteiger partial charge in [-0.3, -0.25) is 4.79 Å². The maximum Gasteiger partial charge on any atom is 0.233 e. The zero-order valence-corrected chi connectivity index (χ0v) is 15.3. The van der Waals surface area contributed by atoms with Crippen LogP contribution in [0, 0.1) is 22.7 Å². The van der Waals surface area contributed by atoms with E-state index in [0.29, 0.717) is 18.2 Å². The van der Waals surface area contributed by atoms with Crippen molar-refractivity contribution in [3.05, 3.63) is 28.7 Å². The summed E-state index contributed by atoms with van der Waals surface area (Å²) in [6, 6.07) is 8.17. The van der Waals surface area contributed by atoms with E-state index in [9.17, 15) is 4.79 Å². The van der Waals surface area contributed by atoms with Gasteiger partial charge in [-0.25, -0.2) is 0 Å². The number of thiophene rings is 1. The third-order valence-corrected chi connectivity index (χ3v) is 5.33. The smallest absolute Gasteiger partial charge is 0.233 e. The first-order valence-corrected chi connectivity index (χ1v) is 9.65. The van der Waals surface area contributed by atoms with Crippen LogP contribution in [0.4, 0.5) is 0 Å². The van der Waals surface area contributed by atoms with Crippen molar-refractivity contribution in [1.29, 1.82) is 10.5 Å². The second-order valence-electron chi connectivity index (χ2n) is 5.12. The molecule has 25 heavy (non-hydrogen) atoms. The molecule has 0 saturated heterocycles. The van der Waals surface area contributed by atoms with Crippen LogP contribution in [0.3, 0.4) is 0 Å². The maximum absolute atomic E-state index is 12.3. The van der Waals surface area contributed by atoms with E-state index >= 15 is 0 Å². The molecule has 0 spiro atoms. The van der Waals surface area contributed by atoms with Gasteiger partial charge in [0.25, 0.3) is 0 Å². The Morgan fingerprint density at radius 3 is 2.72 bits per heavy atom. The first kappa shape index (κ1) is 19.0. The van der Waals surface area contributed by atoms with Crippen molar-refractivity contribution in [2.45, 2.75) is 31.0 Å². The molecule has 2 aromatic rings. The summed E-state index contributed by atoms with van der Waals surface area (Å²) < 4.78 is 1.94. The molecule has 130 valence electrons. The van der Waals surface area contributed by atoms with Gasteiger partial charge < -0.3 is 9.47 Å². The number of thioether (sulfide) groups is 1. The van der Waals surface area contributed by atoms with Crippen LogP contribution < -0.4 is 0 Å². The molecule has 0 bridgehead atoms. The van der Waals surface area contributed by atoms with Crippen LogP contribution in [0.25, 0.3) is 0 Å². The average molecular weight is 374 g/mol. The van der Waals surface area contributed by atoms with Gasteiger partial charge in [-0.1, -0.05) is 17.8 Å². The van der Waals surface area contributed by atoms with E-state index in [1.807, 2.05) is 28.2 Å². The van der Waals surface area contributed by atoms with Gasteiger partial charge in [0, 0.05) is 24.5 Å². The minimum absolute atomic E-state index is 0.0942. The molecule has 1 amide bonds. The van der Waals surface area contributed by atoms with Crippen LogP contribution in [0.5, 0.6) is 0 Å². The van der Waals surface area contributed by atoms with Gasteiger partial charge in [-0.2, -0.15) is 10.5 Å². The van der Waals surface area contributed by atoms with Crippen molar-refractivity contribution in [2.75, 3.05) is 18.8 Å². The number of hydrogen-bond acceptors (Lipinski definition) is 7. The zero-order chi connectivity index (χ0) is 17.9. The van der Waals surface area contributed by atoms with Crippen molar-refractivity contribution in [2.24, 2.45) is 0 Å². The Balaban J connectivity index is 1.87. The van der Waals surface area contributed by atoms with Gasteiger partial charge >= 0.3 is 0 Å². The molecule has 0 aliphatic rings. The molecular formula is C16H18N6OS2. The summed E-state index contributed by atoms with van der Waals surface area (Å²) >= 11 is 3.04. The van der Waals surface area contributed by atoms with E-state index in [1.165, 1.54) is 16.6 Å². The second-order valence-corrected chi connectivity index (χ2v) is 7.10. The van der Waals surface area contributed by atoms with E-state index < -0.39 is 0 Å². The number of hydrogen-bond donors (Lipinski definition) is 0. The number of aromatic nitrogens is 3. The molecule has 0 fully saturated rings. The lowest BCUT2D eigenvalue weighted by molar-refractivity contribution is -0.128. The van der Waals surface area contributed by atoms with Crippen molar-refractivity contribution in [3.63, 3.8) is 0 Å². The average Bonchev–Trinajstić information content (AvgIpc) is 3.29. The van der Waals surface area contributed by atoms with Gasteiger partial charge in [0.15, 0.2) is 5.16 Å². The third-order valence-electron chi connectivity index (χ3n) is 3.42. The fourth-order valence-electron chi connectivity index (χ4n) is 2.14. The Labute approximate surface area is 154 Å². The lowest BCUT2D eigenvalue weighted by atomic mass is 10.3. The van der Waals surface area contributed by atoms with E-state index in [4.69, 9.17) is 10.5 Å². The largest absolute Gasteiger partial charge is 0.340 e. The number of nitrogens with zero attached hydrogens (tertiary/aromatic N) is 6. The van der Waals surface area contributed by atoms with Crippen molar-refractivity contribution in [1.82, 2.24) is 19.7 Å². The molecule has 7 nitrogen and oxygen atoms in total. The molecule has 0 aliphatic heterocycles. The molecule has 2 rings (SSSR count). The molecule has 2 heterocycles. The van der Waals surface area contributed by atoms with E-state index in [0.717, 1.165) is 13.0 Å². The highest BCUT2D eigenvalue weighted by molar-refractivity contribution is 7.99. The van der Waals surface area contributed by atoms with Gasteiger partial charge in [-0.15, -0.1) is 21.5 Å². The molecule has 0 unspecified atom stereocenters. The summed E-state index contributed by atoms with van der Waals surface area (Å²) in [5.41, 5.74) is 0. The quantitative estimate of drug-likeness (QED) is 0.592. The molecule has 0 atom stereocenters. The van der Waals surface area contributed by atoms with E-state index in [1.54, 1.807) is 22.6 Å². The van der Waals surface area contributed by atoms with Crippen molar-refractivity contribution < 1.29 is 4.79 Å². The van der Waals surface area contributed by atoms with Crippen LogP contribution in [0.15, 0.2) is 29.0 Å². The first-order chi connectivity index (χ1) is 12.2. The first-order valence-electron chi connectivity index (χ1n) is 7.79. The highest BCUT2D eigenvalue weighted by Crippen LogP contribution is 2.17. The Bertz CT molecular complexity index is 726. The normalized spacial score (nSPS) is 10.2. The Morgan fingerprint density at radius 2 is 2.08 bits per heavy atom. The number of carbonyl (C=O) groups excluding carboxylic acids is 1. The van der Waals surface area contributed by atoms with Gasteiger partial charge in [0.2, 0.25) is 5.91 Å². The molecule has 2 aromatic heterocycles. The summed E-state index contributed by atoms with van der Waals surface area (Å²) in [6.45, 7) is 1.46. The number of nitriles is 2. The van der Waals surface area contributed by atoms with Crippen LogP contribution in [-0.2, 0) is 17.8 Å². The van der Waals surface area contributed by atoms with Crippen LogP contribution in [0.2, 0.25) is 0 Å². The zero-order valence-electron chi connectivity index (χ0n) is 13.7. The van der Waals surface area contributed by atoms with Crippen LogP contribution >= 0.6 is 23.1 Å². The lowest BCUT2D eigenvalue weighted by Gasteiger charge is -2.19. The van der Waals surface area contributed by atoms with Crippen LogP contribution in [-0.4, -0.2) is 44.4 Å². The van der Waals surface area contributed by atoms with Crippen LogP contribution in [0.1, 0.15) is 17.7 Å². The standard InChI is InChI=1S/C16H18N6OS2/c17-6-2-8-21(9-3-7-18)15(23)12-25-16-20-19-13-22(16)10-5-14-4-1-11-24-14/h1,4,11,13H,2-3,5,8-10,12H2. The van der Waals surface area contributed by atoms with E-state index in [-0.39, 0.29) is 24.5 Å². The molecule has 0 N–H and O–H groups in total. The third kappa shape index (κ3) is 6.22. The number of rotatable bonds is 10. The van der Waals surface area contributed by atoms with Gasteiger partial charge in [0.1, 0.15) is 6.33 Å². The van der Waals surface area contributed by atoms with Gasteiger partial charge in [0.05, 0.1) is 30.7 Å². The number of aryl methyl sites for hydroxylation is 2. The summed E-state index contributed by atoms with van der Waals surface area (Å²) in [7, 11) is 0. The summed E-state index contributed by atoms with van der Waals surface area (Å²) in [5, 5.41) is 28.1. The Kier molecular flexibility index (Phi) is 7.96. The number of carbonyl (C=O) groups is 1. The summed E-state index contributed by atoms with van der Waals surface area (Å²) in [4.78, 5) is 15.2. The Hall–Kier alpha value is -2.36.